The standard InChI is InChI=1S/C56H102N6O14S/c1-3-5-7-9-11-13-15-17-19-21-23-25-27-32-51(69)75-42-44(76-52(70)33-28-26-24-22-20-18-16-14-12-10-8-6-4-2)43-77-40-37-48(64)62(59)56(38-36-50(67)68,53(71)45(58)31-29-30-39-57)55(74)60-41-47(63)61-46(54(72)73)34-35-49(65)66/h44-46H,3-43,57-59H2,1-2H3,(H,60,74)(H,61,63)(H,65,66)(H,67,68)(H,72,73)/t44-,45+,46+,56-/m1/s1/i/hD. The molecule has 77 heavy (non-hydrogen) atoms. The topological polar surface area (TPSA) is 338 Å². The van der Waals surface area contributed by atoms with Crippen LogP contribution in [0.1, 0.15) is 245 Å². The van der Waals surface area contributed by atoms with Gasteiger partial charge < -0.3 is 46.9 Å². The van der Waals surface area contributed by atoms with Crippen molar-refractivity contribution in [2.24, 2.45) is 17.3 Å². The van der Waals surface area contributed by atoms with Gasteiger partial charge in [0.1, 0.15) is 18.8 Å². The number of amides is 3. The third-order valence-corrected chi connectivity index (χ3v) is 14.7. The van der Waals surface area contributed by atoms with Gasteiger partial charge in [-0.25, -0.2) is 10.6 Å². The van der Waals surface area contributed by atoms with E-state index < -0.39 is 116 Å². The van der Waals surface area contributed by atoms with Gasteiger partial charge in [-0.1, -0.05) is 174 Å². The van der Waals surface area contributed by atoms with E-state index in [0.717, 1.165) is 56.7 Å². The molecular formula is C56H102N6O14S. The Kier molecular flexibility index (Phi) is 43.7. The van der Waals surface area contributed by atoms with Gasteiger partial charge >= 0.3 is 29.8 Å². The van der Waals surface area contributed by atoms with Crippen molar-refractivity contribution in [3.8, 4) is 0 Å². The number of aliphatic carboxylic acids is 3. The van der Waals surface area contributed by atoms with Crippen LogP contribution >= 0.6 is 11.8 Å². The second-order valence-corrected chi connectivity index (χ2v) is 21.5. The molecule has 21 heteroatoms. The summed E-state index contributed by atoms with van der Waals surface area (Å²) < 4.78 is 19.9. The minimum absolute atomic E-state index is 0.0494. The van der Waals surface area contributed by atoms with Crippen LogP contribution in [0.4, 0.5) is 0 Å². The number of esters is 2. The first-order valence-corrected chi connectivity index (χ1v) is 30.3. The first-order chi connectivity index (χ1) is 37.4. The van der Waals surface area contributed by atoms with Crippen molar-refractivity contribution in [2.45, 2.75) is 269 Å². The summed E-state index contributed by atoms with van der Waals surface area (Å²) in [4.78, 5) is 116. The molecule has 0 rings (SSSR count). The van der Waals surface area contributed by atoms with E-state index in [-0.39, 0.29) is 60.7 Å². The van der Waals surface area contributed by atoms with Crippen molar-refractivity contribution in [1.29, 1.82) is 0 Å². The maximum absolute atomic E-state index is 14.3. The average Bonchev–Trinajstić information content (AvgIpc) is 3.41. The van der Waals surface area contributed by atoms with Crippen LogP contribution in [0, 0.1) is 0 Å². The third kappa shape index (κ3) is 37.2. The van der Waals surface area contributed by atoms with E-state index in [1.54, 1.807) is 0 Å². The van der Waals surface area contributed by atoms with E-state index in [9.17, 15) is 53.4 Å². The molecule has 0 bridgehead atoms. The Morgan fingerprint density at radius 1 is 0.610 bits per heavy atom. The minimum Gasteiger partial charge on any atom is -0.481 e. The van der Waals surface area contributed by atoms with Gasteiger partial charge in [-0.3, -0.25) is 43.4 Å². The molecule has 0 spiro atoms. The number of hydrogen-bond acceptors (Lipinski definition) is 15. The second kappa shape index (κ2) is 47.6. The monoisotopic (exact) mass is 1120 g/mol. The lowest BCUT2D eigenvalue weighted by molar-refractivity contribution is -0.158. The number of unbranched alkanes of at least 4 members (excludes halogenated alkanes) is 25. The summed E-state index contributed by atoms with van der Waals surface area (Å²) in [6, 6.07) is -3.26. The predicted octanol–water partition coefficient (Wildman–Crippen LogP) is 8.41. The largest absolute Gasteiger partial charge is 0.481 e. The van der Waals surface area contributed by atoms with Crippen molar-refractivity contribution in [3.05, 3.63) is 0 Å². The number of nitrogens with one attached hydrogen (secondary N) is 2. The van der Waals surface area contributed by atoms with Crippen molar-refractivity contribution < 1.29 is 69.4 Å². The molecule has 0 aliphatic carbocycles. The Morgan fingerprint density at radius 3 is 1.53 bits per heavy atom. The van der Waals surface area contributed by atoms with Crippen LogP contribution in [-0.4, -0.2) is 129 Å². The number of hydrazine groups is 1. The van der Waals surface area contributed by atoms with E-state index in [1.165, 1.54) is 109 Å². The van der Waals surface area contributed by atoms with Gasteiger partial charge in [-0.2, -0.15) is 11.8 Å². The highest BCUT2D eigenvalue weighted by atomic mass is 32.2. The van der Waals surface area contributed by atoms with Gasteiger partial charge in [0.25, 0.3) is 5.91 Å². The van der Waals surface area contributed by atoms with Crippen LogP contribution in [0.5, 0.6) is 0 Å². The van der Waals surface area contributed by atoms with E-state index in [2.05, 4.69) is 13.8 Å². The van der Waals surface area contributed by atoms with Gasteiger partial charge in [0.2, 0.25) is 11.8 Å². The number of hydrogen-bond donors (Lipinski definition) is 8. The number of thioether (sulfide) groups is 1. The average molecular weight is 1120 g/mol. The molecular weight excluding hydrogens is 1010 g/mol. The van der Waals surface area contributed by atoms with E-state index >= 15 is 0 Å². The van der Waals surface area contributed by atoms with Crippen molar-refractivity contribution >= 4 is 65.1 Å². The summed E-state index contributed by atoms with van der Waals surface area (Å²) in [5.74, 6) is -4.10. The molecule has 0 heterocycles. The second-order valence-electron chi connectivity index (χ2n) is 20.4. The quantitative estimate of drug-likeness (QED) is 0.00707. The summed E-state index contributed by atoms with van der Waals surface area (Å²) >= 11 is 1.12. The molecule has 0 saturated heterocycles. The molecule has 0 aliphatic rings. The predicted molar refractivity (Wildman–Crippen MR) is 299 cm³/mol. The van der Waals surface area contributed by atoms with Gasteiger partial charge in [0.15, 0.2) is 12.7 Å². The van der Waals surface area contributed by atoms with Gasteiger partial charge in [0.05, 0.1) is 12.6 Å². The molecule has 0 aromatic heterocycles. The van der Waals surface area contributed by atoms with Crippen LogP contribution in [0.3, 0.4) is 0 Å². The summed E-state index contributed by atoms with van der Waals surface area (Å²) in [6.45, 7) is 3.20. The fourth-order valence-electron chi connectivity index (χ4n) is 8.85. The molecule has 4 atom stereocenters. The van der Waals surface area contributed by atoms with Gasteiger partial charge in [0, 0.05) is 43.6 Å². The van der Waals surface area contributed by atoms with Crippen LogP contribution < -0.4 is 27.9 Å². The number of rotatable bonds is 54. The van der Waals surface area contributed by atoms with Crippen LogP contribution in [0.2, 0.25) is 1.41 Å². The zero-order chi connectivity index (χ0) is 58.4. The lowest BCUT2D eigenvalue weighted by atomic mass is 9.81. The van der Waals surface area contributed by atoms with Crippen molar-refractivity contribution in [3.63, 3.8) is 0 Å². The molecule has 0 unspecified atom stereocenters. The molecule has 446 valence electrons. The van der Waals surface area contributed by atoms with Gasteiger partial charge in [-0.05, 0) is 45.1 Å². The van der Waals surface area contributed by atoms with Crippen molar-refractivity contribution in [1.82, 2.24) is 15.6 Å². The number of carbonyl (C=O) groups is 9. The summed E-state index contributed by atoms with van der Waals surface area (Å²) in [5.41, 5.74) is 8.93. The maximum Gasteiger partial charge on any atom is 0.326 e. The third-order valence-electron chi connectivity index (χ3n) is 13.6. The SMILES string of the molecule is [2H]N(CC(=O)N[C@@H](CCC(=O)O)C(=O)O)C(=O)[C@@](CCC(=O)O)(C(=O)[C@@H](N)CCCCN)N(N)C(=O)CCSC[C@@H](COC(=O)CCCCCCCCCCCCCCC)OC(=O)CCCCCCCCCCCCCCC. The number of ether oxygens (including phenoxy) is 2. The normalized spacial score (nSPS) is 13.3. The first kappa shape index (κ1) is 70.7. The van der Waals surface area contributed by atoms with E-state index in [4.69, 9.17) is 33.3 Å². The molecule has 11 N–H and O–H groups in total. The summed E-state index contributed by atoms with van der Waals surface area (Å²) in [7, 11) is 0. The summed E-state index contributed by atoms with van der Waals surface area (Å²) in [5, 5.41) is 30.4. The van der Waals surface area contributed by atoms with Gasteiger partial charge in [-0.15, -0.1) is 0 Å². The highest BCUT2D eigenvalue weighted by Gasteiger charge is 2.53. The zero-order valence-corrected chi connectivity index (χ0v) is 47.9. The van der Waals surface area contributed by atoms with Crippen LogP contribution in [-0.2, 0) is 52.6 Å². The number of carboxylic acids is 3. The number of Topliss-reactive ketones (excluding diaryl/α,β-unsaturated/α-hetero) is 1. The van der Waals surface area contributed by atoms with Crippen molar-refractivity contribution in [2.75, 3.05) is 31.2 Å². The number of carbonyl (C=O) groups excluding carboxylic acids is 6. The minimum atomic E-state index is -2.94. The molecule has 0 aliphatic heterocycles. The fraction of sp³-hybridized carbons (Fsp3) is 0.839. The number of ketones is 1. The van der Waals surface area contributed by atoms with Crippen LogP contribution in [0.25, 0.3) is 0 Å². The molecule has 20 nitrogen and oxygen atoms in total. The summed E-state index contributed by atoms with van der Waals surface area (Å²) in [6.07, 6.45) is 26.5. The number of carboxylic acid groups (broad SMARTS) is 3. The molecule has 0 saturated carbocycles. The molecule has 3 amide bonds. The number of nitrogens with zero attached hydrogens (tertiary/aromatic N) is 1. The Hall–Kier alpha value is -4.34. The number of nitrogens with two attached hydrogens (primary N) is 3. The molecule has 0 aromatic rings. The highest BCUT2D eigenvalue weighted by molar-refractivity contribution is 7.99. The Bertz CT molecular complexity index is 1720. The smallest absolute Gasteiger partial charge is 0.326 e. The van der Waals surface area contributed by atoms with Crippen LogP contribution in [0.15, 0.2) is 0 Å². The first-order valence-electron chi connectivity index (χ1n) is 29.6. The molecule has 0 radical (unpaired) electrons. The maximum atomic E-state index is 14.3. The fourth-order valence-corrected chi connectivity index (χ4v) is 9.77. The lowest BCUT2D eigenvalue weighted by Gasteiger charge is -2.39. The Balaban J connectivity index is 5.95. The zero-order valence-electron chi connectivity index (χ0n) is 48.1. The lowest BCUT2D eigenvalue weighted by Crippen LogP contribution is -2.71. The highest BCUT2D eigenvalue weighted by Crippen LogP contribution is 2.26. The Morgan fingerprint density at radius 2 is 1.08 bits per heavy atom. The molecule has 0 aromatic carbocycles. The Labute approximate surface area is 465 Å². The van der Waals surface area contributed by atoms with E-state index in [1.807, 2.05) is 5.32 Å². The molecule has 0 fully saturated rings. The van der Waals surface area contributed by atoms with E-state index in [0.29, 0.717) is 19.3 Å².